The molecule has 0 aromatic heterocycles. The van der Waals surface area contributed by atoms with E-state index in [9.17, 15) is 9.90 Å². The molecule has 0 bridgehead atoms. The van der Waals surface area contributed by atoms with E-state index in [0.717, 1.165) is 30.3 Å². The Morgan fingerprint density at radius 2 is 2.03 bits per heavy atom. The van der Waals surface area contributed by atoms with Crippen LogP contribution in [0.1, 0.15) is 70.3 Å². The minimum absolute atomic E-state index is 0.0147. The fourth-order valence-electron chi connectivity index (χ4n) is 5.08. The smallest absolute Gasteiger partial charge is 0.248 e. The van der Waals surface area contributed by atoms with E-state index in [1.165, 1.54) is 37.7 Å². The summed E-state index contributed by atoms with van der Waals surface area (Å²) in [5.41, 5.74) is 1.16. The van der Waals surface area contributed by atoms with E-state index < -0.39 is 6.61 Å². The molecule has 0 radical (unpaired) electrons. The number of likely N-dealkylation sites (tertiary alicyclic amines) is 1. The van der Waals surface area contributed by atoms with E-state index >= 15 is 0 Å². The maximum atomic E-state index is 12.1. The molecule has 1 aromatic rings. The summed E-state index contributed by atoms with van der Waals surface area (Å²) in [6, 6.07) is 6.17. The third kappa shape index (κ3) is 5.06. The SMILES string of the molecule is CCC1(C)CN(C(=O)CO)CC1c1ccc(OC)c(OCCCC2CCCC2)c1. The van der Waals surface area contributed by atoms with Crippen molar-refractivity contribution in [2.75, 3.05) is 33.4 Å². The summed E-state index contributed by atoms with van der Waals surface area (Å²) >= 11 is 0. The van der Waals surface area contributed by atoms with Crippen LogP contribution in [0.25, 0.3) is 0 Å². The lowest BCUT2D eigenvalue weighted by molar-refractivity contribution is -0.133. The Hall–Kier alpha value is -1.75. The maximum absolute atomic E-state index is 12.1. The molecule has 2 atom stereocenters. The first-order chi connectivity index (χ1) is 14.0. The highest BCUT2D eigenvalue weighted by Crippen LogP contribution is 2.46. The molecule has 1 saturated heterocycles. The predicted octanol–water partition coefficient (Wildman–Crippen LogP) is 4.38. The zero-order chi connectivity index (χ0) is 20.9. The average Bonchev–Trinajstić information content (AvgIpc) is 3.38. The fraction of sp³-hybridized carbons (Fsp3) is 0.708. The van der Waals surface area contributed by atoms with Gasteiger partial charge in [0.05, 0.1) is 13.7 Å². The van der Waals surface area contributed by atoms with Gasteiger partial charge < -0.3 is 19.5 Å². The Labute approximate surface area is 175 Å². The summed E-state index contributed by atoms with van der Waals surface area (Å²) in [5.74, 6) is 2.46. The van der Waals surface area contributed by atoms with Gasteiger partial charge in [-0.3, -0.25) is 4.79 Å². The highest BCUT2D eigenvalue weighted by molar-refractivity contribution is 5.77. The first-order valence-electron chi connectivity index (χ1n) is 11.2. The van der Waals surface area contributed by atoms with Crippen LogP contribution in [-0.2, 0) is 4.79 Å². The van der Waals surface area contributed by atoms with Crippen molar-refractivity contribution in [3.8, 4) is 11.5 Å². The Morgan fingerprint density at radius 1 is 1.28 bits per heavy atom. The second-order valence-electron chi connectivity index (χ2n) is 9.04. The van der Waals surface area contributed by atoms with Crippen molar-refractivity contribution >= 4 is 5.91 Å². The predicted molar refractivity (Wildman–Crippen MR) is 114 cm³/mol. The fourth-order valence-corrected chi connectivity index (χ4v) is 5.08. The second kappa shape index (κ2) is 9.84. The van der Waals surface area contributed by atoms with Gasteiger partial charge in [0.15, 0.2) is 11.5 Å². The summed E-state index contributed by atoms with van der Waals surface area (Å²) < 4.78 is 11.7. The number of aliphatic hydroxyl groups excluding tert-OH is 1. The molecule has 5 nitrogen and oxygen atoms in total. The van der Waals surface area contributed by atoms with Crippen LogP contribution in [0.2, 0.25) is 0 Å². The largest absolute Gasteiger partial charge is 0.493 e. The number of nitrogens with zero attached hydrogens (tertiary/aromatic N) is 1. The number of hydrogen-bond acceptors (Lipinski definition) is 4. The second-order valence-corrected chi connectivity index (χ2v) is 9.04. The van der Waals surface area contributed by atoms with Gasteiger partial charge in [0.2, 0.25) is 5.91 Å². The van der Waals surface area contributed by atoms with Crippen LogP contribution >= 0.6 is 0 Å². The van der Waals surface area contributed by atoms with Crippen molar-refractivity contribution in [2.45, 2.75) is 64.7 Å². The molecule has 162 valence electrons. The van der Waals surface area contributed by atoms with Crippen molar-refractivity contribution in [1.29, 1.82) is 0 Å². The summed E-state index contributed by atoms with van der Waals surface area (Å²) in [4.78, 5) is 13.9. The topological polar surface area (TPSA) is 59.0 Å². The molecule has 1 aromatic carbocycles. The van der Waals surface area contributed by atoms with Gasteiger partial charge in [0.1, 0.15) is 6.61 Å². The van der Waals surface area contributed by atoms with E-state index in [1.54, 1.807) is 12.0 Å². The summed E-state index contributed by atoms with van der Waals surface area (Å²) in [6.45, 7) is 6.00. The van der Waals surface area contributed by atoms with Crippen molar-refractivity contribution in [3.63, 3.8) is 0 Å². The molecule has 1 aliphatic heterocycles. The lowest BCUT2D eigenvalue weighted by Gasteiger charge is -2.29. The molecule has 1 aliphatic carbocycles. The van der Waals surface area contributed by atoms with Crippen LogP contribution in [0.4, 0.5) is 0 Å². The number of aliphatic hydroxyl groups is 1. The lowest BCUT2D eigenvalue weighted by atomic mass is 9.74. The Balaban J connectivity index is 1.70. The molecule has 2 fully saturated rings. The van der Waals surface area contributed by atoms with E-state index in [0.29, 0.717) is 19.7 Å². The quantitative estimate of drug-likeness (QED) is 0.622. The molecular weight excluding hydrogens is 366 g/mol. The third-order valence-electron chi connectivity index (χ3n) is 7.17. The highest BCUT2D eigenvalue weighted by atomic mass is 16.5. The molecule has 0 spiro atoms. The molecule has 1 N–H and O–H groups in total. The van der Waals surface area contributed by atoms with Crippen LogP contribution in [0, 0.1) is 11.3 Å². The molecule has 1 amide bonds. The van der Waals surface area contributed by atoms with Gasteiger partial charge >= 0.3 is 0 Å². The molecular formula is C24H37NO4. The molecule has 1 saturated carbocycles. The minimum Gasteiger partial charge on any atom is -0.493 e. The van der Waals surface area contributed by atoms with Crippen molar-refractivity contribution in [1.82, 2.24) is 4.90 Å². The summed E-state index contributed by atoms with van der Waals surface area (Å²) in [6.07, 6.45) is 8.81. The number of ether oxygens (including phenoxy) is 2. The molecule has 5 heteroatoms. The molecule has 1 heterocycles. The number of methoxy groups -OCH3 is 1. The van der Waals surface area contributed by atoms with Gasteiger partial charge in [0, 0.05) is 19.0 Å². The molecule has 2 unspecified atom stereocenters. The van der Waals surface area contributed by atoms with Gasteiger partial charge in [-0.1, -0.05) is 45.6 Å². The van der Waals surface area contributed by atoms with E-state index in [1.807, 2.05) is 6.07 Å². The van der Waals surface area contributed by atoms with Gasteiger partial charge in [0.25, 0.3) is 0 Å². The van der Waals surface area contributed by atoms with Crippen LogP contribution in [0.3, 0.4) is 0 Å². The Morgan fingerprint density at radius 3 is 2.69 bits per heavy atom. The molecule has 2 aliphatic rings. The van der Waals surface area contributed by atoms with Gasteiger partial charge in [-0.05, 0) is 48.3 Å². The van der Waals surface area contributed by atoms with Crippen molar-refractivity contribution in [3.05, 3.63) is 23.8 Å². The normalized spacial score (nSPS) is 24.8. The lowest BCUT2D eigenvalue weighted by Crippen LogP contribution is -2.32. The number of carbonyl (C=O) groups is 1. The van der Waals surface area contributed by atoms with Crippen molar-refractivity contribution in [2.24, 2.45) is 11.3 Å². The zero-order valence-electron chi connectivity index (χ0n) is 18.3. The minimum atomic E-state index is -0.426. The number of rotatable bonds is 9. The number of hydrogen-bond donors (Lipinski definition) is 1. The number of carbonyl (C=O) groups excluding carboxylic acids is 1. The third-order valence-corrected chi connectivity index (χ3v) is 7.17. The van der Waals surface area contributed by atoms with E-state index in [2.05, 4.69) is 26.0 Å². The summed E-state index contributed by atoms with van der Waals surface area (Å²) in [5, 5.41) is 9.28. The maximum Gasteiger partial charge on any atom is 0.248 e. The number of amides is 1. The van der Waals surface area contributed by atoms with Crippen LogP contribution in [-0.4, -0.2) is 49.3 Å². The Kier molecular flexibility index (Phi) is 7.44. The standard InChI is InChI=1S/C24H37NO4/c1-4-24(2)17-25(23(27)16-26)15-20(24)19-11-12-21(28-3)22(14-19)29-13-7-10-18-8-5-6-9-18/h11-12,14,18,20,26H,4-10,13,15-17H2,1-3H3. The zero-order valence-corrected chi connectivity index (χ0v) is 18.3. The number of benzene rings is 1. The Bertz CT molecular complexity index is 685. The average molecular weight is 404 g/mol. The molecule has 29 heavy (non-hydrogen) atoms. The van der Waals surface area contributed by atoms with Crippen LogP contribution < -0.4 is 9.47 Å². The van der Waals surface area contributed by atoms with E-state index in [4.69, 9.17) is 9.47 Å². The van der Waals surface area contributed by atoms with Gasteiger partial charge in [-0.2, -0.15) is 0 Å². The van der Waals surface area contributed by atoms with E-state index in [-0.39, 0.29) is 17.2 Å². The first-order valence-corrected chi connectivity index (χ1v) is 11.2. The van der Waals surface area contributed by atoms with Crippen molar-refractivity contribution < 1.29 is 19.4 Å². The summed E-state index contributed by atoms with van der Waals surface area (Å²) in [7, 11) is 1.67. The highest BCUT2D eigenvalue weighted by Gasteiger charge is 2.44. The molecule has 3 rings (SSSR count). The van der Waals surface area contributed by atoms with Crippen LogP contribution in [0.15, 0.2) is 18.2 Å². The monoisotopic (exact) mass is 403 g/mol. The van der Waals surface area contributed by atoms with Crippen LogP contribution in [0.5, 0.6) is 11.5 Å². The van der Waals surface area contributed by atoms with Gasteiger partial charge in [-0.25, -0.2) is 0 Å². The van der Waals surface area contributed by atoms with Gasteiger partial charge in [-0.15, -0.1) is 0 Å². The first kappa shape index (κ1) is 21.9.